The molecule has 3 nitrogen and oxygen atoms in total. The average Bonchev–Trinajstić information content (AvgIpc) is 2.37. The maximum Gasteiger partial charge on any atom is 0.138 e. The van der Waals surface area contributed by atoms with Gasteiger partial charge in [-0.3, -0.25) is 5.41 Å². The van der Waals surface area contributed by atoms with E-state index >= 15 is 0 Å². The van der Waals surface area contributed by atoms with E-state index < -0.39 is 0 Å². The van der Waals surface area contributed by atoms with Crippen molar-refractivity contribution in [2.24, 2.45) is 5.73 Å². The Balaban J connectivity index is 2.48. The van der Waals surface area contributed by atoms with E-state index in [0.717, 1.165) is 21.3 Å². The molecular weight excluding hydrogens is 316 g/mol. The number of hydrogen-bond acceptors (Lipinski definition) is 2. The van der Waals surface area contributed by atoms with Gasteiger partial charge >= 0.3 is 0 Å². The van der Waals surface area contributed by atoms with E-state index in [2.05, 4.69) is 28.9 Å². The number of rotatable bonds is 3. The van der Waals surface area contributed by atoms with Crippen LogP contribution in [0.2, 0.25) is 0 Å². The maximum absolute atomic E-state index is 7.65. The van der Waals surface area contributed by atoms with Crippen molar-refractivity contribution < 1.29 is 4.74 Å². The van der Waals surface area contributed by atoms with Gasteiger partial charge in [-0.2, -0.15) is 0 Å². The summed E-state index contributed by atoms with van der Waals surface area (Å²) in [7, 11) is 0. The molecule has 0 heterocycles. The molecule has 104 valence electrons. The second-order valence-corrected chi connectivity index (χ2v) is 5.78. The smallest absolute Gasteiger partial charge is 0.138 e. The van der Waals surface area contributed by atoms with Gasteiger partial charge in [-0.1, -0.05) is 22.0 Å². The topological polar surface area (TPSA) is 59.1 Å². The van der Waals surface area contributed by atoms with Crippen LogP contribution in [0.25, 0.3) is 0 Å². The predicted molar refractivity (Wildman–Crippen MR) is 85.9 cm³/mol. The Bertz CT molecular complexity index is 680. The molecule has 4 heteroatoms. The number of nitrogen functional groups attached to an aromatic ring is 1. The van der Waals surface area contributed by atoms with Gasteiger partial charge in [0.2, 0.25) is 0 Å². The fourth-order valence-corrected chi connectivity index (χ4v) is 2.39. The van der Waals surface area contributed by atoms with E-state index in [1.54, 1.807) is 6.07 Å². The van der Waals surface area contributed by atoms with Crippen LogP contribution >= 0.6 is 15.9 Å². The Labute approximate surface area is 127 Å². The Morgan fingerprint density at radius 3 is 2.45 bits per heavy atom. The summed E-state index contributed by atoms with van der Waals surface area (Å²) >= 11 is 3.38. The first-order valence-corrected chi connectivity index (χ1v) is 7.07. The largest absolute Gasteiger partial charge is 0.456 e. The molecule has 0 spiro atoms. The third-order valence-corrected chi connectivity index (χ3v) is 3.71. The summed E-state index contributed by atoms with van der Waals surface area (Å²) in [6.45, 7) is 6.12. The molecule has 2 rings (SSSR count). The number of benzene rings is 2. The Kier molecular flexibility index (Phi) is 4.14. The van der Waals surface area contributed by atoms with Gasteiger partial charge < -0.3 is 10.5 Å². The fourth-order valence-electron chi connectivity index (χ4n) is 2.03. The van der Waals surface area contributed by atoms with E-state index in [-0.39, 0.29) is 5.84 Å². The Hall–Kier alpha value is -1.81. The van der Waals surface area contributed by atoms with Crippen LogP contribution in [-0.4, -0.2) is 5.84 Å². The summed E-state index contributed by atoms with van der Waals surface area (Å²) in [6.07, 6.45) is 0. The molecule has 0 aliphatic heterocycles. The molecule has 0 unspecified atom stereocenters. The zero-order valence-electron chi connectivity index (χ0n) is 11.8. The minimum atomic E-state index is -0.0108. The lowest BCUT2D eigenvalue weighted by Crippen LogP contribution is -2.12. The highest BCUT2D eigenvalue weighted by molar-refractivity contribution is 9.10. The minimum absolute atomic E-state index is 0.0108. The number of nitrogens with one attached hydrogen (secondary N) is 1. The van der Waals surface area contributed by atoms with Crippen molar-refractivity contribution in [1.29, 1.82) is 5.41 Å². The van der Waals surface area contributed by atoms with E-state index in [4.69, 9.17) is 15.9 Å². The fraction of sp³-hybridized carbons (Fsp3) is 0.188. The molecule has 0 atom stereocenters. The van der Waals surface area contributed by atoms with Gasteiger partial charge in [-0.05, 0) is 61.7 Å². The van der Waals surface area contributed by atoms with Crippen LogP contribution in [0.1, 0.15) is 22.3 Å². The van der Waals surface area contributed by atoms with Crippen LogP contribution in [0.4, 0.5) is 0 Å². The molecule has 2 aromatic carbocycles. The third kappa shape index (κ3) is 3.02. The standard InChI is InChI=1S/C16H17BrN2O/c1-9-6-10(2)11(3)15(7-9)20-14-5-4-12(17)8-13(14)16(18)19/h4-8H,1-3H3,(H3,18,19). The molecule has 0 aliphatic rings. The molecular formula is C16H17BrN2O. The molecule has 0 fully saturated rings. The monoisotopic (exact) mass is 332 g/mol. The molecule has 3 N–H and O–H groups in total. The second kappa shape index (κ2) is 5.67. The molecule has 0 saturated carbocycles. The highest BCUT2D eigenvalue weighted by atomic mass is 79.9. The van der Waals surface area contributed by atoms with Crippen molar-refractivity contribution in [3.8, 4) is 11.5 Å². The lowest BCUT2D eigenvalue weighted by Gasteiger charge is -2.14. The number of amidine groups is 1. The number of aryl methyl sites for hydroxylation is 2. The van der Waals surface area contributed by atoms with Gasteiger partial charge in [0, 0.05) is 4.47 Å². The van der Waals surface area contributed by atoms with Gasteiger partial charge in [-0.25, -0.2) is 0 Å². The molecule has 20 heavy (non-hydrogen) atoms. The molecule has 0 saturated heterocycles. The van der Waals surface area contributed by atoms with Crippen LogP contribution in [0, 0.1) is 26.2 Å². The van der Waals surface area contributed by atoms with E-state index in [0.29, 0.717) is 11.3 Å². The molecule has 0 bridgehead atoms. The summed E-state index contributed by atoms with van der Waals surface area (Å²) < 4.78 is 6.84. The molecule has 0 amide bonds. The quantitative estimate of drug-likeness (QED) is 0.644. The Morgan fingerprint density at radius 2 is 1.80 bits per heavy atom. The predicted octanol–water partition coefficient (Wildman–Crippen LogP) is 4.45. The molecule has 2 aromatic rings. The summed E-state index contributed by atoms with van der Waals surface area (Å²) in [5.74, 6) is 1.38. The summed E-state index contributed by atoms with van der Waals surface area (Å²) in [5, 5.41) is 7.65. The van der Waals surface area contributed by atoms with Crippen LogP contribution in [-0.2, 0) is 0 Å². The van der Waals surface area contributed by atoms with E-state index in [1.807, 2.05) is 32.0 Å². The number of halogens is 1. The SMILES string of the molecule is Cc1cc(C)c(C)c(Oc2ccc(Br)cc2C(=N)N)c1. The first-order valence-electron chi connectivity index (χ1n) is 6.28. The van der Waals surface area contributed by atoms with Crippen molar-refractivity contribution in [2.75, 3.05) is 0 Å². The van der Waals surface area contributed by atoms with Crippen molar-refractivity contribution in [3.05, 3.63) is 57.1 Å². The highest BCUT2D eigenvalue weighted by Crippen LogP contribution is 2.31. The van der Waals surface area contributed by atoms with Crippen molar-refractivity contribution in [1.82, 2.24) is 0 Å². The van der Waals surface area contributed by atoms with Crippen LogP contribution in [0.5, 0.6) is 11.5 Å². The van der Waals surface area contributed by atoms with Crippen LogP contribution in [0.15, 0.2) is 34.8 Å². The third-order valence-electron chi connectivity index (χ3n) is 3.22. The van der Waals surface area contributed by atoms with Crippen LogP contribution < -0.4 is 10.5 Å². The molecule has 0 aliphatic carbocycles. The normalized spacial score (nSPS) is 10.4. The lowest BCUT2D eigenvalue weighted by atomic mass is 10.1. The summed E-state index contributed by atoms with van der Waals surface area (Å²) in [5.41, 5.74) is 9.61. The second-order valence-electron chi connectivity index (χ2n) is 4.86. The zero-order valence-corrected chi connectivity index (χ0v) is 13.3. The average molecular weight is 333 g/mol. The number of nitrogens with two attached hydrogens (primary N) is 1. The van der Waals surface area contributed by atoms with E-state index in [9.17, 15) is 0 Å². The van der Waals surface area contributed by atoms with Gasteiger partial charge in [0.15, 0.2) is 0 Å². The highest BCUT2D eigenvalue weighted by Gasteiger charge is 2.11. The number of ether oxygens (including phenoxy) is 1. The van der Waals surface area contributed by atoms with Gasteiger partial charge in [0.1, 0.15) is 17.3 Å². The Morgan fingerprint density at radius 1 is 1.10 bits per heavy atom. The van der Waals surface area contributed by atoms with Crippen molar-refractivity contribution in [2.45, 2.75) is 20.8 Å². The maximum atomic E-state index is 7.65. The molecule has 0 radical (unpaired) electrons. The number of hydrogen-bond donors (Lipinski definition) is 2. The van der Waals surface area contributed by atoms with Gasteiger partial charge in [-0.15, -0.1) is 0 Å². The first-order chi connectivity index (χ1) is 9.38. The molecule has 0 aromatic heterocycles. The minimum Gasteiger partial charge on any atom is -0.456 e. The van der Waals surface area contributed by atoms with Crippen molar-refractivity contribution in [3.63, 3.8) is 0 Å². The van der Waals surface area contributed by atoms with Crippen LogP contribution in [0.3, 0.4) is 0 Å². The van der Waals surface area contributed by atoms with Crippen molar-refractivity contribution >= 4 is 21.8 Å². The van der Waals surface area contributed by atoms with Gasteiger partial charge in [0.25, 0.3) is 0 Å². The summed E-state index contributed by atoms with van der Waals surface area (Å²) in [4.78, 5) is 0. The zero-order chi connectivity index (χ0) is 14.9. The lowest BCUT2D eigenvalue weighted by molar-refractivity contribution is 0.476. The van der Waals surface area contributed by atoms with Gasteiger partial charge in [0.05, 0.1) is 5.56 Å². The van der Waals surface area contributed by atoms with E-state index in [1.165, 1.54) is 5.56 Å². The summed E-state index contributed by atoms with van der Waals surface area (Å²) in [6, 6.07) is 9.59. The first kappa shape index (κ1) is 14.6.